The van der Waals surface area contributed by atoms with Crippen molar-refractivity contribution in [2.45, 2.75) is 59.3 Å². The van der Waals surface area contributed by atoms with Crippen molar-refractivity contribution in [2.24, 2.45) is 5.41 Å². The van der Waals surface area contributed by atoms with Crippen molar-refractivity contribution >= 4 is 35.1 Å². The Labute approximate surface area is 232 Å². The molecule has 0 aromatic heterocycles. The van der Waals surface area contributed by atoms with Crippen LogP contribution in [0.1, 0.15) is 49.8 Å². The molecule has 198 valence electrons. The van der Waals surface area contributed by atoms with E-state index in [0.29, 0.717) is 0 Å². The molecule has 7 heteroatoms. The Morgan fingerprint density at radius 2 is 1.63 bits per heavy atom. The van der Waals surface area contributed by atoms with Gasteiger partial charge in [-0.15, -0.1) is 23.5 Å². The van der Waals surface area contributed by atoms with E-state index in [1.54, 1.807) is 23.5 Å². The number of anilines is 1. The van der Waals surface area contributed by atoms with Crippen molar-refractivity contribution in [1.29, 1.82) is 0 Å². The highest BCUT2D eigenvalue weighted by molar-refractivity contribution is 8.00. The van der Waals surface area contributed by atoms with Gasteiger partial charge in [-0.1, -0.05) is 31.2 Å². The molecular formula is C31H33FN2O2S2. The predicted octanol–water partition coefficient (Wildman–Crippen LogP) is 6.86. The maximum Gasteiger partial charge on any atom is 0.246 e. The van der Waals surface area contributed by atoms with Gasteiger partial charge in [0.25, 0.3) is 0 Å². The summed E-state index contributed by atoms with van der Waals surface area (Å²) in [5.41, 5.74) is 3.21. The van der Waals surface area contributed by atoms with E-state index >= 15 is 0 Å². The smallest absolute Gasteiger partial charge is 0.246 e. The molecule has 1 heterocycles. The van der Waals surface area contributed by atoms with Crippen LogP contribution < -0.4 is 5.32 Å². The van der Waals surface area contributed by atoms with Gasteiger partial charge in [0.15, 0.2) is 0 Å². The first-order valence-corrected chi connectivity index (χ1v) is 15.2. The number of rotatable bonds is 9. The van der Waals surface area contributed by atoms with Crippen LogP contribution in [0.3, 0.4) is 0 Å². The molecule has 2 N–H and O–H groups in total. The standard InChI is InChI=1S/C31H33FN2O2S2/c1-2-37-26-11-3-21(4-12-26)28(34-19-30(20-34)17-25(35)18-30)29(36)33-24-9-5-22(6-10-24)31(15-16-31)38-27-13-7-23(32)8-14-27/h3-14,25,28,35H,2,15-20H2,1H3,(H,33,36). The van der Waals surface area contributed by atoms with E-state index < -0.39 is 0 Å². The number of carbonyl (C=O) groups is 1. The minimum absolute atomic E-state index is 0.0230. The van der Waals surface area contributed by atoms with Crippen molar-refractivity contribution in [1.82, 2.24) is 4.90 Å². The molecule has 3 aromatic rings. The molecule has 3 aromatic carbocycles. The van der Waals surface area contributed by atoms with Crippen LogP contribution in [-0.4, -0.2) is 40.9 Å². The Kier molecular flexibility index (Phi) is 7.06. The second-order valence-corrected chi connectivity index (χ2v) is 13.8. The van der Waals surface area contributed by atoms with Gasteiger partial charge in [0.2, 0.25) is 5.91 Å². The normalized spacial score (nSPS) is 20.4. The summed E-state index contributed by atoms with van der Waals surface area (Å²) in [6.45, 7) is 3.82. The third kappa shape index (κ3) is 5.26. The SMILES string of the molecule is CCSc1ccc(C(C(=O)Nc2ccc(C3(Sc4ccc(F)cc4)CC3)cc2)N2CC3(CC(O)C3)C2)cc1. The number of aliphatic hydroxyl groups excluding tert-OH is 1. The number of benzene rings is 3. The maximum atomic E-state index is 13.7. The van der Waals surface area contributed by atoms with E-state index in [4.69, 9.17) is 0 Å². The Hall–Kier alpha value is -2.32. The average Bonchev–Trinajstić information content (AvgIpc) is 3.65. The Morgan fingerprint density at radius 1 is 1.00 bits per heavy atom. The molecular weight excluding hydrogens is 515 g/mol. The number of hydrogen-bond donors (Lipinski definition) is 2. The van der Waals surface area contributed by atoms with Crippen LogP contribution in [0.15, 0.2) is 82.6 Å². The molecule has 6 rings (SSSR count). The first-order valence-electron chi connectivity index (χ1n) is 13.4. The monoisotopic (exact) mass is 548 g/mol. The molecule has 2 aliphatic carbocycles. The van der Waals surface area contributed by atoms with Gasteiger partial charge in [-0.3, -0.25) is 9.69 Å². The number of likely N-dealkylation sites (tertiary alicyclic amines) is 1. The second-order valence-electron chi connectivity index (χ2n) is 11.0. The summed E-state index contributed by atoms with van der Waals surface area (Å²) in [6, 6.07) is 22.9. The van der Waals surface area contributed by atoms with Crippen LogP contribution in [0.4, 0.5) is 10.1 Å². The minimum Gasteiger partial charge on any atom is -0.393 e. The van der Waals surface area contributed by atoms with Gasteiger partial charge in [0.05, 0.1) is 6.10 Å². The van der Waals surface area contributed by atoms with Gasteiger partial charge < -0.3 is 10.4 Å². The zero-order valence-corrected chi connectivity index (χ0v) is 23.2. The van der Waals surface area contributed by atoms with Gasteiger partial charge in [-0.25, -0.2) is 4.39 Å². The number of nitrogens with one attached hydrogen (secondary N) is 1. The van der Waals surface area contributed by atoms with Crippen LogP contribution in [0.25, 0.3) is 0 Å². The number of amides is 1. The quantitative estimate of drug-likeness (QED) is 0.286. The van der Waals surface area contributed by atoms with Gasteiger partial charge in [0, 0.05) is 38.7 Å². The lowest BCUT2D eigenvalue weighted by Crippen LogP contribution is -2.65. The number of nitrogens with zero attached hydrogens (tertiary/aromatic N) is 1. The van der Waals surface area contributed by atoms with Crippen LogP contribution in [0, 0.1) is 11.2 Å². The third-order valence-corrected chi connectivity index (χ3v) is 10.5. The number of halogens is 1. The van der Waals surface area contributed by atoms with E-state index in [2.05, 4.69) is 53.5 Å². The largest absolute Gasteiger partial charge is 0.393 e. The highest BCUT2D eigenvalue weighted by atomic mass is 32.2. The lowest BCUT2D eigenvalue weighted by Gasteiger charge is -2.59. The molecule has 1 aliphatic heterocycles. The first-order chi connectivity index (χ1) is 18.4. The number of hydrogen-bond acceptors (Lipinski definition) is 5. The fourth-order valence-corrected chi connectivity index (χ4v) is 7.94. The van der Waals surface area contributed by atoms with Crippen molar-refractivity contribution in [3.05, 3.63) is 89.7 Å². The topological polar surface area (TPSA) is 52.6 Å². The van der Waals surface area contributed by atoms with Crippen molar-refractivity contribution in [2.75, 3.05) is 24.2 Å². The highest BCUT2D eigenvalue weighted by Crippen LogP contribution is 2.59. The van der Waals surface area contributed by atoms with E-state index in [0.717, 1.165) is 60.7 Å². The Morgan fingerprint density at radius 3 is 2.21 bits per heavy atom. The molecule has 1 unspecified atom stereocenters. The van der Waals surface area contributed by atoms with E-state index in [1.807, 2.05) is 24.3 Å². The van der Waals surface area contributed by atoms with Crippen LogP contribution in [-0.2, 0) is 9.54 Å². The molecule has 1 spiro atoms. The number of carbonyl (C=O) groups excluding carboxylic acids is 1. The zero-order chi connectivity index (χ0) is 26.3. The fraction of sp³-hybridized carbons (Fsp3) is 0.387. The third-order valence-electron chi connectivity index (χ3n) is 8.04. The van der Waals surface area contributed by atoms with E-state index in [9.17, 15) is 14.3 Å². The highest BCUT2D eigenvalue weighted by Gasteiger charge is 2.54. The van der Waals surface area contributed by atoms with Gasteiger partial charge in [0.1, 0.15) is 11.9 Å². The molecule has 0 bridgehead atoms. The summed E-state index contributed by atoms with van der Waals surface area (Å²) in [5.74, 6) is 0.775. The molecule has 38 heavy (non-hydrogen) atoms. The molecule has 1 atom stereocenters. The molecule has 4 nitrogen and oxygen atoms in total. The number of aliphatic hydroxyl groups is 1. The summed E-state index contributed by atoms with van der Waals surface area (Å²) in [4.78, 5) is 18.2. The minimum atomic E-state index is -0.359. The van der Waals surface area contributed by atoms with Gasteiger partial charge >= 0.3 is 0 Å². The summed E-state index contributed by atoms with van der Waals surface area (Å²) in [7, 11) is 0. The predicted molar refractivity (Wildman–Crippen MR) is 153 cm³/mol. The molecule has 1 saturated heterocycles. The molecule has 2 saturated carbocycles. The van der Waals surface area contributed by atoms with Crippen molar-refractivity contribution in [3.8, 4) is 0 Å². The maximum absolute atomic E-state index is 13.7. The summed E-state index contributed by atoms with van der Waals surface area (Å²) in [6.07, 6.45) is 3.65. The van der Waals surface area contributed by atoms with E-state index in [-0.39, 0.29) is 34.0 Å². The zero-order valence-electron chi connectivity index (χ0n) is 21.5. The molecule has 3 fully saturated rings. The van der Waals surface area contributed by atoms with E-state index in [1.165, 1.54) is 22.6 Å². The second kappa shape index (κ2) is 10.3. The molecule has 0 radical (unpaired) electrons. The fourth-order valence-electron chi connectivity index (χ4n) is 6.00. The summed E-state index contributed by atoms with van der Waals surface area (Å²) < 4.78 is 13.3. The lowest BCUT2D eigenvalue weighted by atomic mass is 9.61. The van der Waals surface area contributed by atoms with Crippen LogP contribution >= 0.6 is 23.5 Å². The van der Waals surface area contributed by atoms with Crippen molar-refractivity contribution < 1.29 is 14.3 Å². The van der Waals surface area contributed by atoms with Gasteiger partial charge in [-0.05, 0) is 91.1 Å². The Balaban J connectivity index is 1.16. The van der Waals surface area contributed by atoms with Crippen LogP contribution in [0.2, 0.25) is 0 Å². The number of thioether (sulfide) groups is 2. The molecule has 1 amide bonds. The summed E-state index contributed by atoms with van der Waals surface area (Å²) in [5, 5.41) is 13.0. The van der Waals surface area contributed by atoms with Crippen LogP contribution in [0.5, 0.6) is 0 Å². The Bertz CT molecular complexity index is 1280. The lowest BCUT2D eigenvalue weighted by molar-refractivity contribution is -0.152. The molecule has 3 aliphatic rings. The average molecular weight is 549 g/mol. The van der Waals surface area contributed by atoms with Crippen molar-refractivity contribution in [3.63, 3.8) is 0 Å². The van der Waals surface area contributed by atoms with Gasteiger partial charge in [-0.2, -0.15) is 0 Å². The first kappa shape index (κ1) is 25.9. The summed E-state index contributed by atoms with van der Waals surface area (Å²) >= 11 is 3.58.